The molecular formula is C23H25N3O4S. The SMILES string of the molecule is COc1cc2ccccc2cc1C(=O)Nc1ccc(N2CCN(S(C)(=O)=O)CC2)cc1. The lowest BCUT2D eigenvalue weighted by atomic mass is 10.1. The first-order valence-corrected chi connectivity index (χ1v) is 11.9. The topological polar surface area (TPSA) is 79.0 Å². The molecule has 7 nitrogen and oxygen atoms in total. The van der Waals surface area contributed by atoms with Crippen molar-refractivity contribution in [1.29, 1.82) is 0 Å². The number of ether oxygens (including phenoxy) is 1. The van der Waals surface area contributed by atoms with Crippen LogP contribution in [0.25, 0.3) is 10.8 Å². The highest BCUT2D eigenvalue weighted by Crippen LogP contribution is 2.27. The summed E-state index contributed by atoms with van der Waals surface area (Å²) in [6, 6.07) is 19.1. The van der Waals surface area contributed by atoms with Crippen molar-refractivity contribution in [2.75, 3.05) is 49.8 Å². The van der Waals surface area contributed by atoms with E-state index in [2.05, 4.69) is 10.2 Å². The molecule has 4 rings (SSSR count). The predicted octanol–water partition coefficient (Wildman–Crippen LogP) is 3.18. The number of methoxy groups -OCH3 is 1. The zero-order valence-electron chi connectivity index (χ0n) is 17.5. The fraction of sp³-hybridized carbons (Fsp3) is 0.261. The second kappa shape index (κ2) is 8.56. The van der Waals surface area contributed by atoms with E-state index in [1.54, 1.807) is 7.11 Å². The standard InChI is InChI=1S/C23H25N3O4S/c1-30-22-16-18-6-4-3-5-17(18)15-21(22)23(27)24-19-7-9-20(10-8-19)25-11-13-26(14-12-25)31(2,28)29/h3-10,15-16H,11-14H2,1-2H3,(H,24,27). The van der Waals surface area contributed by atoms with E-state index in [0.29, 0.717) is 43.2 Å². The molecule has 0 unspecified atom stereocenters. The molecule has 1 fully saturated rings. The fourth-order valence-corrected chi connectivity index (χ4v) is 4.62. The second-order valence-corrected chi connectivity index (χ2v) is 9.53. The number of carbonyl (C=O) groups excluding carboxylic acids is 1. The van der Waals surface area contributed by atoms with Crippen LogP contribution in [0.5, 0.6) is 5.75 Å². The molecule has 0 saturated carbocycles. The normalized spacial score (nSPS) is 15.1. The van der Waals surface area contributed by atoms with Crippen molar-refractivity contribution in [3.8, 4) is 5.75 Å². The molecule has 0 aliphatic carbocycles. The number of hydrogen-bond donors (Lipinski definition) is 1. The number of piperazine rings is 1. The zero-order valence-corrected chi connectivity index (χ0v) is 18.4. The van der Waals surface area contributed by atoms with Crippen LogP contribution in [0.2, 0.25) is 0 Å². The highest BCUT2D eigenvalue weighted by atomic mass is 32.2. The van der Waals surface area contributed by atoms with E-state index in [4.69, 9.17) is 4.74 Å². The minimum Gasteiger partial charge on any atom is -0.496 e. The number of sulfonamides is 1. The Morgan fingerprint density at radius 3 is 2.13 bits per heavy atom. The number of nitrogens with zero attached hydrogens (tertiary/aromatic N) is 2. The molecule has 0 spiro atoms. The van der Waals surface area contributed by atoms with Gasteiger partial charge in [-0.05, 0) is 47.2 Å². The van der Waals surface area contributed by atoms with Crippen LogP contribution in [0.3, 0.4) is 0 Å². The lowest BCUT2D eigenvalue weighted by Crippen LogP contribution is -2.48. The van der Waals surface area contributed by atoms with Crippen molar-refractivity contribution in [2.24, 2.45) is 0 Å². The van der Waals surface area contributed by atoms with Crippen LogP contribution in [-0.2, 0) is 10.0 Å². The van der Waals surface area contributed by atoms with E-state index < -0.39 is 10.0 Å². The third kappa shape index (κ3) is 4.65. The molecule has 162 valence electrons. The third-order valence-corrected chi connectivity index (χ3v) is 6.81. The Labute approximate surface area is 182 Å². The first kappa shape index (κ1) is 21.1. The number of carbonyl (C=O) groups is 1. The quantitative estimate of drug-likeness (QED) is 0.661. The zero-order chi connectivity index (χ0) is 22.0. The summed E-state index contributed by atoms with van der Waals surface area (Å²) in [5.41, 5.74) is 2.15. The molecule has 1 aliphatic rings. The molecule has 0 radical (unpaired) electrons. The number of fused-ring (bicyclic) bond motifs is 1. The number of hydrogen-bond acceptors (Lipinski definition) is 5. The van der Waals surface area contributed by atoms with E-state index in [1.807, 2.05) is 60.7 Å². The lowest BCUT2D eigenvalue weighted by Gasteiger charge is -2.34. The Balaban J connectivity index is 1.46. The maximum absolute atomic E-state index is 12.9. The molecule has 0 atom stereocenters. The Morgan fingerprint density at radius 1 is 0.935 bits per heavy atom. The molecule has 1 saturated heterocycles. The van der Waals surface area contributed by atoms with Gasteiger partial charge >= 0.3 is 0 Å². The summed E-state index contributed by atoms with van der Waals surface area (Å²) < 4.78 is 30.3. The summed E-state index contributed by atoms with van der Waals surface area (Å²) in [5.74, 6) is 0.286. The van der Waals surface area contributed by atoms with Crippen molar-refractivity contribution in [3.63, 3.8) is 0 Å². The summed E-state index contributed by atoms with van der Waals surface area (Å²) in [4.78, 5) is 15.0. The van der Waals surface area contributed by atoms with Crippen molar-refractivity contribution >= 4 is 38.1 Å². The average Bonchev–Trinajstić information content (AvgIpc) is 2.78. The largest absolute Gasteiger partial charge is 0.496 e. The predicted molar refractivity (Wildman–Crippen MR) is 124 cm³/mol. The number of benzene rings is 3. The Hall–Kier alpha value is -3.10. The van der Waals surface area contributed by atoms with Gasteiger partial charge in [0.2, 0.25) is 10.0 Å². The van der Waals surface area contributed by atoms with Crippen LogP contribution in [0.4, 0.5) is 11.4 Å². The Morgan fingerprint density at radius 2 is 1.55 bits per heavy atom. The maximum atomic E-state index is 12.9. The van der Waals surface area contributed by atoms with Crippen LogP contribution in [0.15, 0.2) is 60.7 Å². The molecule has 1 N–H and O–H groups in total. The summed E-state index contributed by atoms with van der Waals surface area (Å²) in [5, 5.41) is 4.91. The highest BCUT2D eigenvalue weighted by Gasteiger charge is 2.23. The van der Waals surface area contributed by atoms with Gasteiger partial charge in [-0.25, -0.2) is 8.42 Å². The van der Waals surface area contributed by atoms with Gasteiger partial charge in [0.1, 0.15) is 5.75 Å². The van der Waals surface area contributed by atoms with Gasteiger partial charge in [-0.15, -0.1) is 0 Å². The monoisotopic (exact) mass is 439 g/mol. The van der Waals surface area contributed by atoms with Gasteiger partial charge in [-0.1, -0.05) is 24.3 Å². The van der Waals surface area contributed by atoms with Crippen molar-refractivity contribution in [1.82, 2.24) is 4.31 Å². The van der Waals surface area contributed by atoms with Crippen molar-refractivity contribution < 1.29 is 17.9 Å². The minimum atomic E-state index is -3.15. The molecule has 3 aromatic carbocycles. The molecule has 3 aromatic rings. The Kier molecular flexibility index (Phi) is 5.84. The van der Waals surface area contributed by atoms with E-state index >= 15 is 0 Å². The molecule has 1 heterocycles. The van der Waals surface area contributed by atoms with Gasteiger partial charge in [0.05, 0.1) is 18.9 Å². The van der Waals surface area contributed by atoms with Gasteiger partial charge in [-0.3, -0.25) is 4.79 Å². The molecule has 0 aromatic heterocycles. The summed E-state index contributed by atoms with van der Waals surface area (Å²) in [6.45, 7) is 2.21. The van der Waals surface area contributed by atoms with E-state index in [-0.39, 0.29) is 5.91 Å². The Bertz CT molecular complexity index is 1200. The molecule has 8 heteroatoms. The summed E-state index contributed by atoms with van der Waals surface area (Å²) in [6.07, 6.45) is 1.24. The van der Waals surface area contributed by atoms with E-state index in [0.717, 1.165) is 16.5 Å². The van der Waals surface area contributed by atoms with Crippen LogP contribution in [0, 0.1) is 0 Å². The first-order chi connectivity index (χ1) is 14.8. The summed E-state index contributed by atoms with van der Waals surface area (Å²) in [7, 11) is -1.59. The van der Waals surface area contributed by atoms with Gasteiger partial charge in [0.25, 0.3) is 5.91 Å². The van der Waals surface area contributed by atoms with Crippen molar-refractivity contribution in [3.05, 3.63) is 66.2 Å². The van der Waals surface area contributed by atoms with Gasteiger partial charge in [0.15, 0.2) is 0 Å². The number of amides is 1. The van der Waals surface area contributed by atoms with Crippen LogP contribution in [-0.4, -0.2) is 58.2 Å². The number of rotatable bonds is 5. The third-order valence-electron chi connectivity index (χ3n) is 5.51. The highest BCUT2D eigenvalue weighted by molar-refractivity contribution is 7.88. The van der Waals surface area contributed by atoms with Gasteiger partial charge in [0, 0.05) is 37.6 Å². The minimum absolute atomic E-state index is 0.239. The molecule has 1 aliphatic heterocycles. The van der Waals surface area contributed by atoms with Crippen molar-refractivity contribution in [2.45, 2.75) is 0 Å². The second-order valence-electron chi connectivity index (χ2n) is 7.55. The summed E-state index contributed by atoms with van der Waals surface area (Å²) >= 11 is 0. The van der Waals surface area contributed by atoms with Gasteiger partial charge in [-0.2, -0.15) is 4.31 Å². The smallest absolute Gasteiger partial charge is 0.259 e. The number of nitrogens with one attached hydrogen (secondary N) is 1. The van der Waals surface area contributed by atoms with Crippen LogP contribution >= 0.6 is 0 Å². The fourth-order valence-electron chi connectivity index (χ4n) is 3.80. The molecule has 0 bridgehead atoms. The molecule has 31 heavy (non-hydrogen) atoms. The molecule has 1 amide bonds. The average molecular weight is 440 g/mol. The van der Waals surface area contributed by atoms with E-state index in [9.17, 15) is 13.2 Å². The van der Waals surface area contributed by atoms with E-state index in [1.165, 1.54) is 10.6 Å². The first-order valence-electron chi connectivity index (χ1n) is 10.0. The molecular weight excluding hydrogens is 414 g/mol. The lowest BCUT2D eigenvalue weighted by molar-refractivity contribution is 0.102. The van der Waals surface area contributed by atoms with Crippen LogP contribution < -0.4 is 15.0 Å². The maximum Gasteiger partial charge on any atom is 0.259 e. The van der Waals surface area contributed by atoms with Crippen LogP contribution in [0.1, 0.15) is 10.4 Å². The van der Waals surface area contributed by atoms with Gasteiger partial charge < -0.3 is 15.0 Å². The number of anilines is 2.